The predicted octanol–water partition coefficient (Wildman–Crippen LogP) is 2.99. The smallest absolute Gasteiger partial charge is 0.123 e. The van der Waals surface area contributed by atoms with Crippen molar-refractivity contribution < 1.29 is 9.50 Å². The molecule has 1 aliphatic carbocycles. The van der Waals surface area contributed by atoms with Gasteiger partial charge in [-0.05, 0) is 55.8 Å². The third-order valence-corrected chi connectivity index (χ3v) is 4.98. The molecule has 1 saturated heterocycles. The van der Waals surface area contributed by atoms with E-state index in [1.807, 2.05) is 6.07 Å². The molecule has 2 aliphatic rings. The van der Waals surface area contributed by atoms with Crippen LogP contribution >= 0.6 is 0 Å². The molecule has 3 rings (SSSR count). The fraction of sp³-hybridized carbons (Fsp3) is 0.647. The van der Waals surface area contributed by atoms with Crippen molar-refractivity contribution >= 4 is 0 Å². The molecule has 2 nitrogen and oxygen atoms in total. The van der Waals surface area contributed by atoms with Crippen LogP contribution in [0.15, 0.2) is 24.3 Å². The number of halogens is 1. The van der Waals surface area contributed by atoms with E-state index < -0.39 is 0 Å². The van der Waals surface area contributed by atoms with Gasteiger partial charge < -0.3 is 5.11 Å². The van der Waals surface area contributed by atoms with Gasteiger partial charge in [-0.2, -0.15) is 0 Å². The minimum Gasteiger partial charge on any atom is -0.391 e. The first-order valence-corrected chi connectivity index (χ1v) is 7.89. The Hall–Kier alpha value is -0.930. The fourth-order valence-electron chi connectivity index (χ4n) is 3.81. The molecule has 0 bridgehead atoms. The number of piperidine rings is 1. The van der Waals surface area contributed by atoms with Gasteiger partial charge in [0.25, 0.3) is 0 Å². The number of rotatable bonds is 3. The van der Waals surface area contributed by atoms with E-state index in [1.54, 1.807) is 12.1 Å². The molecule has 1 heterocycles. The number of likely N-dealkylation sites (tertiary alicyclic amines) is 1. The predicted molar refractivity (Wildman–Crippen MR) is 78.0 cm³/mol. The maximum Gasteiger partial charge on any atom is 0.123 e. The topological polar surface area (TPSA) is 23.5 Å². The number of benzene rings is 1. The van der Waals surface area contributed by atoms with Crippen LogP contribution in [0.2, 0.25) is 0 Å². The zero-order valence-electron chi connectivity index (χ0n) is 12.0. The molecule has 0 amide bonds. The Balaban J connectivity index is 1.57. The maximum absolute atomic E-state index is 13.2. The highest BCUT2D eigenvalue weighted by Crippen LogP contribution is 2.29. The zero-order chi connectivity index (χ0) is 13.9. The van der Waals surface area contributed by atoms with Crippen molar-refractivity contribution in [3.8, 4) is 0 Å². The van der Waals surface area contributed by atoms with Crippen LogP contribution < -0.4 is 0 Å². The number of hydrogen-bond donors (Lipinski definition) is 1. The number of hydrogen-bond acceptors (Lipinski definition) is 2. The Kier molecular flexibility index (Phi) is 4.37. The lowest BCUT2D eigenvalue weighted by atomic mass is 9.87. The largest absolute Gasteiger partial charge is 0.391 e. The Bertz CT molecular complexity index is 444. The van der Waals surface area contributed by atoms with Crippen LogP contribution in [0.1, 0.15) is 37.7 Å². The Morgan fingerprint density at radius 3 is 2.70 bits per heavy atom. The number of nitrogens with zero attached hydrogens (tertiary/aromatic N) is 1. The number of aliphatic hydroxyl groups is 1. The molecule has 0 unspecified atom stereocenters. The van der Waals surface area contributed by atoms with Gasteiger partial charge in [-0.15, -0.1) is 0 Å². The van der Waals surface area contributed by atoms with Crippen LogP contribution in [0.4, 0.5) is 4.39 Å². The Labute approximate surface area is 120 Å². The van der Waals surface area contributed by atoms with E-state index >= 15 is 0 Å². The van der Waals surface area contributed by atoms with Crippen molar-refractivity contribution in [1.82, 2.24) is 4.90 Å². The molecule has 2 fully saturated rings. The van der Waals surface area contributed by atoms with Gasteiger partial charge in [0.15, 0.2) is 0 Å². The highest BCUT2D eigenvalue weighted by Gasteiger charge is 2.32. The van der Waals surface area contributed by atoms with Gasteiger partial charge in [-0.3, -0.25) is 4.90 Å². The number of β-amino-alcohol motifs (C(OH)–C–C–N with tert-alkyl or cyclic N) is 1. The molecule has 1 aliphatic heterocycles. The molecular formula is C17H24FNO. The summed E-state index contributed by atoms with van der Waals surface area (Å²) in [5.41, 5.74) is 1.00. The van der Waals surface area contributed by atoms with Crippen LogP contribution in [0.3, 0.4) is 0 Å². The summed E-state index contributed by atoms with van der Waals surface area (Å²) in [7, 11) is 0. The molecule has 1 aromatic rings. The van der Waals surface area contributed by atoms with Gasteiger partial charge in [0, 0.05) is 12.6 Å². The van der Waals surface area contributed by atoms with Gasteiger partial charge in [0.05, 0.1) is 6.10 Å². The summed E-state index contributed by atoms with van der Waals surface area (Å²) < 4.78 is 13.2. The van der Waals surface area contributed by atoms with Gasteiger partial charge in [-0.1, -0.05) is 25.0 Å². The molecule has 1 N–H and O–H groups in total. The van der Waals surface area contributed by atoms with Crippen molar-refractivity contribution in [2.75, 3.05) is 13.1 Å². The van der Waals surface area contributed by atoms with E-state index in [-0.39, 0.29) is 17.8 Å². The lowest BCUT2D eigenvalue weighted by molar-refractivity contribution is 0.00479. The lowest BCUT2D eigenvalue weighted by Gasteiger charge is -2.39. The molecule has 3 heteroatoms. The van der Waals surface area contributed by atoms with Gasteiger partial charge >= 0.3 is 0 Å². The van der Waals surface area contributed by atoms with Gasteiger partial charge in [0.2, 0.25) is 0 Å². The summed E-state index contributed by atoms with van der Waals surface area (Å²) in [6.45, 7) is 1.88. The standard InChI is InChI=1S/C17H24FNO/c18-15-5-3-4-13(11-15)10-14-8-9-19(12-17(14)20)16-6-1-2-7-16/h3-5,11,14,16-17,20H,1-2,6-10,12H2/t14-,17-/m1/s1. The van der Waals surface area contributed by atoms with E-state index in [1.165, 1.54) is 31.7 Å². The minimum absolute atomic E-state index is 0.180. The maximum atomic E-state index is 13.2. The second-order valence-corrected chi connectivity index (χ2v) is 6.38. The molecule has 1 aromatic carbocycles. The molecule has 0 spiro atoms. The van der Waals surface area contributed by atoms with E-state index in [0.717, 1.165) is 31.5 Å². The van der Waals surface area contributed by atoms with Crippen molar-refractivity contribution in [2.45, 2.75) is 50.7 Å². The summed E-state index contributed by atoms with van der Waals surface area (Å²) in [6.07, 6.45) is 6.80. The minimum atomic E-state index is -0.271. The average Bonchev–Trinajstić information content (AvgIpc) is 2.95. The average molecular weight is 277 g/mol. The van der Waals surface area contributed by atoms with Gasteiger partial charge in [0.1, 0.15) is 5.82 Å². The molecule has 20 heavy (non-hydrogen) atoms. The molecule has 0 aromatic heterocycles. The first kappa shape index (κ1) is 14.0. The Morgan fingerprint density at radius 2 is 2.00 bits per heavy atom. The van der Waals surface area contributed by atoms with Crippen LogP contribution in [-0.4, -0.2) is 35.2 Å². The fourth-order valence-corrected chi connectivity index (χ4v) is 3.81. The summed E-state index contributed by atoms with van der Waals surface area (Å²) in [6, 6.07) is 7.47. The summed E-state index contributed by atoms with van der Waals surface area (Å²) in [5.74, 6) is 0.0924. The molecule has 110 valence electrons. The van der Waals surface area contributed by atoms with Crippen LogP contribution in [-0.2, 0) is 6.42 Å². The summed E-state index contributed by atoms with van der Waals surface area (Å²) >= 11 is 0. The second-order valence-electron chi connectivity index (χ2n) is 6.38. The molecule has 0 radical (unpaired) electrons. The van der Waals surface area contributed by atoms with Crippen LogP contribution in [0.25, 0.3) is 0 Å². The third-order valence-electron chi connectivity index (χ3n) is 4.98. The van der Waals surface area contributed by atoms with E-state index in [0.29, 0.717) is 6.04 Å². The third kappa shape index (κ3) is 3.21. The Morgan fingerprint density at radius 1 is 1.20 bits per heavy atom. The second kappa shape index (κ2) is 6.23. The highest BCUT2D eigenvalue weighted by molar-refractivity contribution is 5.17. The van der Waals surface area contributed by atoms with Crippen LogP contribution in [0, 0.1) is 11.7 Å². The van der Waals surface area contributed by atoms with Crippen molar-refractivity contribution in [3.63, 3.8) is 0 Å². The normalized spacial score (nSPS) is 28.9. The molecule has 1 saturated carbocycles. The summed E-state index contributed by atoms with van der Waals surface area (Å²) in [4.78, 5) is 2.47. The monoisotopic (exact) mass is 277 g/mol. The first-order valence-electron chi connectivity index (χ1n) is 7.89. The van der Waals surface area contributed by atoms with Crippen molar-refractivity contribution in [1.29, 1.82) is 0 Å². The van der Waals surface area contributed by atoms with E-state index in [2.05, 4.69) is 4.90 Å². The quantitative estimate of drug-likeness (QED) is 0.918. The lowest BCUT2D eigenvalue weighted by Crippen LogP contribution is -2.48. The SMILES string of the molecule is O[C@@H]1CN(C2CCCC2)CC[C@@H]1Cc1cccc(F)c1. The molecular weight excluding hydrogens is 253 g/mol. The summed E-state index contributed by atoms with van der Waals surface area (Å²) in [5, 5.41) is 10.4. The van der Waals surface area contributed by atoms with Crippen molar-refractivity contribution in [3.05, 3.63) is 35.6 Å². The molecule has 2 atom stereocenters. The first-order chi connectivity index (χ1) is 9.72. The number of aliphatic hydroxyl groups excluding tert-OH is 1. The van der Waals surface area contributed by atoms with Crippen molar-refractivity contribution in [2.24, 2.45) is 5.92 Å². The van der Waals surface area contributed by atoms with E-state index in [9.17, 15) is 9.50 Å². The van der Waals surface area contributed by atoms with Crippen LogP contribution in [0.5, 0.6) is 0 Å². The zero-order valence-corrected chi connectivity index (χ0v) is 12.0. The van der Waals surface area contributed by atoms with Gasteiger partial charge in [-0.25, -0.2) is 4.39 Å². The highest BCUT2D eigenvalue weighted by atomic mass is 19.1. The van der Waals surface area contributed by atoms with E-state index in [4.69, 9.17) is 0 Å².